The van der Waals surface area contributed by atoms with Crippen molar-refractivity contribution >= 4 is 35.1 Å². The maximum absolute atomic E-state index is 12.8. The van der Waals surface area contributed by atoms with Crippen LogP contribution in [0.5, 0.6) is 0 Å². The quantitative estimate of drug-likeness (QED) is 0.594. The topological polar surface area (TPSA) is 34.4 Å². The number of aromatic nitrogens is 2. The summed E-state index contributed by atoms with van der Waals surface area (Å²) in [5.41, 5.74) is 0.0773. The van der Waals surface area contributed by atoms with Crippen molar-refractivity contribution in [3.05, 3.63) is 57.8 Å². The Kier molecular flexibility index (Phi) is 3.82. The molecule has 0 aliphatic rings. The van der Waals surface area contributed by atoms with Crippen LogP contribution in [0.2, 0.25) is 10.0 Å². The van der Waals surface area contributed by atoms with Crippen LogP contribution in [-0.4, -0.2) is 15.7 Å². The summed E-state index contributed by atoms with van der Waals surface area (Å²) < 4.78 is 39.6. The normalized spacial score (nSPS) is 11.9. The van der Waals surface area contributed by atoms with E-state index in [1.54, 1.807) is 6.07 Å². The molecular formula is C15H7Cl2F3N2O. The summed E-state index contributed by atoms with van der Waals surface area (Å²) in [4.78, 5) is 15.6. The number of hydrogen-bond donors (Lipinski definition) is 0. The first-order chi connectivity index (χ1) is 10.8. The van der Waals surface area contributed by atoms with E-state index in [4.69, 9.17) is 23.2 Å². The molecule has 0 radical (unpaired) electrons. The van der Waals surface area contributed by atoms with Gasteiger partial charge in [0.1, 0.15) is 17.0 Å². The summed E-state index contributed by atoms with van der Waals surface area (Å²) in [5, 5.41) is 0.584. The first-order valence-corrected chi connectivity index (χ1v) is 7.07. The van der Waals surface area contributed by atoms with Gasteiger partial charge in [-0.2, -0.15) is 13.2 Å². The van der Waals surface area contributed by atoms with Crippen molar-refractivity contribution < 1.29 is 18.0 Å². The van der Waals surface area contributed by atoms with Gasteiger partial charge in [-0.25, -0.2) is 4.98 Å². The molecule has 23 heavy (non-hydrogen) atoms. The number of carbonyl (C=O) groups excluding carboxylic acids is 1. The first-order valence-electron chi connectivity index (χ1n) is 6.31. The number of aldehydes is 1. The highest BCUT2D eigenvalue weighted by Crippen LogP contribution is 2.32. The molecule has 2 heterocycles. The second kappa shape index (κ2) is 5.54. The summed E-state index contributed by atoms with van der Waals surface area (Å²) in [6, 6.07) is 6.74. The van der Waals surface area contributed by atoms with E-state index in [1.807, 2.05) is 0 Å². The number of rotatable bonds is 2. The Hall–Kier alpha value is -2.05. The molecule has 3 aromatic rings. The van der Waals surface area contributed by atoms with E-state index in [0.29, 0.717) is 16.9 Å². The number of pyridine rings is 1. The SMILES string of the molecule is O=Cc1c(-c2ccc(Cl)c(Cl)c2)nc2ccc(C(F)(F)F)cn12. The van der Waals surface area contributed by atoms with Gasteiger partial charge in [0.15, 0.2) is 6.29 Å². The van der Waals surface area contributed by atoms with Crippen molar-refractivity contribution in [2.45, 2.75) is 6.18 Å². The van der Waals surface area contributed by atoms with Crippen LogP contribution in [-0.2, 0) is 6.18 Å². The minimum absolute atomic E-state index is 0.00416. The van der Waals surface area contributed by atoms with Crippen LogP contribution < -0.4 is 0 Å². The third-order valence-corrected chi connectivity index (χ3v) is 4.03. The molecular weight excluding hydrogens is 352 g/mol. The molecule has 0 bridgehead atoms. The fraction of sp³-hybridized carbons (Fsp3) is 0.0667. The van der Waals surface area contributed by atoms with Gasteiger partial charge in [0.05, 0.1) is 15.6 Å². The van der Waals surface area contributed by atoms with E-state index in [9.17, 15) is 18.0 Å². The van der Waals surface area contributed by atoms with Crippen molar-refractivity contribution in [1.82, 2.24) is 9.38 Å². The zero-order valence-corrected chi connectivity index (χ0v) is 12.7. The fourth-order valence-corrected chi connectivity index (χ4v) is 2.50. The third kappa shape index (κ3) is 2.80. The van der Waals surface area contributed by atoms with Crippen LogP contribution in [0.15, 0.2) is 36.5 Å². The Morgan fingerprint density at radius 1 is 1.09 bits per heavy atom. The lowest BCUT2D eigenvalue weighted by Gasteiger charge is -2.07. The minimum atomic E-state index is -4.51. The summed E-state index contributed by atoms with van der Waals surface area (Å²) in [5.74, 6) is 0. The predicted molar refractivity (Wildman–Crippen MR) is 81.0 cm³/mol. The smallest absolute Gasteiger partial charge is 0.296 e. The third-order valence-electron chi connectivity index (χ3n) is 3.29. The van der Waals surface area contributed by atoms with Crippen molar-refractivity contribution in [1.29, 1.82) is 0 Å². The maximum Gasteiger partial charge on any atom is 0.417 e. The average molecular weight is 359 g/mol. The van der Waals surface area contributed by atoms with Crippen molar-refractivity contribution in [3.63, 3.8) is 0 Å². The number of halogens is 5. The average Bonchev–Trinajstić information content (AvgIpc) is 2.86. The Bertz CT molecular complexity index is 919. The Labute approximate surface area is 138 Å². The monoisotopic (exact) mass is 358 g/mol. The number of imidazole rings is 1. The highest BCUT2D eigenvalue weighted by atomic mass is 35.5. The molecule has 8 heteroatoms. The Morgan fingerprint density at radius 2 is 1.83 bits per heavy atom. The van der Waals surface area contributed by atoms with Gasteiger partial charge in [-0.3, -0.25) is 9.20 Å². The summed E-state index contributed by atoms with van der Waals surface area (Å²) >= 11 is 11.8. The highest BCUT2D eigenvalue weighted by Gasteiger charge is 2.31. The molecule has 0 unspecified atom stereocenters. The second-order valence-corrected chi connectivity index (χ2v) is 5.55. The zero-order valence-electron chi connectivity index (χ0n) is 11.2. The van der Waals surface area contributed by atoms with Gasteiger partial charge in [0.25, 0.3) is 0 Å². The Morgan fingerprint density at radius 3 is 2.43 bits per heavy atom. The van der Waals surface area contributed by atoms with Crippen LogP contribution in [0.3, 0.4) is 0 Å². The number of alkyl halides is 3. The van der Waals surface area contributed by atoms with Crippen molar-refractivity contribution in [2.24, 2.45) is 0 Å². The lowest BCUT2D eigenvalue weighted by atomic mass is 10.1. The molecule has 2 aromatic heterocycles. The summed E-state index contributed by atoms with van der Waals surface area (Å²) in [6.07, 6.45) is -3.21. The van der Waals surface area contributed by atoms with Crippen LogP contribution in [0.4, 0.5) is 13.2 Å². The molecule has 1 aromatic carbocycles. The molecule has 118 valence electrons. The van der Waals surface area contributed by atoms with E-state index >= 15 is 0 Å². The Balaban J connectivity index is 2.25. The highest BCUT2D eigenvalue weighted by molar-refractivity contribution is 6.42. The van der Waals surface area contributed by atoms with Crippen LogP contribution in [0.1, 0.15) is 16.1 Å². The van der Waals surface area contributed by atoms with E-state index in [1.165, 1.54) is 18.2 Å². The molecule has 0 spiro atoms. The largest absolute Gasteiger partial charge is 0.417 e. The lowest BCUT2D eigenvalue weighted by Crippen LogP contribution is -2.06. The van der Waals surface area contributed by atoms with Crippen LogP contribution >= 0.6 is 23.2 Å². The molecule has 0 amide bonds. The van der Waals surface area contributed by atoms with Gasteiger partial charge >= 0.3 is 6.18 Å². The predicted octanol–water partition coefficient (Wildman–Crippen LogP) is 5.14. The van der Waals surface area contributed by atoms with Gasteiger partial charge < -0.3 is 0 Å². The number of fused-ring (bicyclic) bond motifs is 1. The molecule has 0 saturated carbocycles. The molecule has 0 aliphatic heterocycles. The van der Waals surface area contributed by atoms with Gasteiger partial charge in [-0.15, -0.1) is 0 Å². The summed E-state index contributed by atoms with van der Waals surface area (Å²) in [7, 11) is 0. The minimum Gasteiger partial charge on any atom is -0.296 e. The molecule has 3 nitrogen and oxygen atoms in total. The van der Waals surface area contributed by atoms with E-state index < -0.39 is 11.7 Å². The van der Waals surface area contributed by atoms with E-state index in [2.05, 4.69) is 4.98 Å². The summed E-state index contributed by atoms with van der Waals surface area (Å²) in [6.45, 7) is 0. The fourth-order valence-electron chi connectivity index (χ4n) is 2.20. The second-order valence-electron chi connectivity index (χ2n) is 4.74. The zero-order chi connectivity index (χ0) is 16.8. The number of hydrogen-bond acceptors (Lipinski definition) is 2. The van der Waals surface area contributed by atoms with E-state index in [0.717, 1.165) is 16.7 Å². The molecule has 0 N–H and O–H groups in total. The molecule has 0 aliphatic carbocycles. The van der Waals surface area contributed by atoms with Gasteiger partial charge in [0.2, 0.25) is 0 Å². The van der Waals surface area contributed by atoms with Gasteiger partial charge in [0, 0.05) is 11.8 Å². The lowest BCUT2D eigenvalue weighted by molar-refractivity contribution is -0.137. The van der Waals surface area contributed by atoms with Crippen LogP contribution in [0, 0.1) is 0 Å². The first kappa shape index (κ1) is 15.8. The van der Waals surface area contributed by atoms with Crippen LogP contribution in [0.25, 0.3) is 16.9 Å². The molecule has 0 fully saturated rings. The van der Waals surface area contributed by atoms with Crippen molar-refractivity contribution in [2.75, 3.05) is 0 Å². The number of nitrogens with zero attached hydrogens (tertiary/aromatic N) is 2. The number of benzene rings is 1. The van der Waals surface area contributed by atoms with E-state index in [-0.39, 0.29) is 22.1 Å². The molecule has 3 rings (SSSR count). The standard InChI is InChI=1S/C15H7Cl2F3N2O/c16-10-3-1-8(5-11(10)17)14-12(7-23)22-6-9(15(18,19)20)2-4-13(22)21-14/h1-7H. The van der Waals surface area contributed by atoms with Gasteiger partial charge in [-0.1, -0.05) is 29.3 Å². The maximum atomic E-state index is 12.8. The van der Waals surface area contributed by atoms with Gasteiger partial charge in [-0.05, 0) is 24.3 Å². The molecule has 0 atom stereocenters. The molecule has 0 saturated heterocycles. The number of carbonyl (C=O) groups is 1. The van der Waals surface area contributed by atoms with Crippen molar-refractivity contribution in [3.8, 4) is 11.3 Å².